The van der Waals surface area contributed by atoms with E-state index in [0.717, 1.165) is 0 Å². The van der Waals surface area contributed by atoms with Gasteiger partial charge in [-0.2, -0.15) is 8.78 Å². The molecule has 0 bridgehead atoms. The maximum atomic E-state index is 12.5. The highest BCUT2D eigenvalue weighted by molar-refractivity contribution is 7.99. The van der Waals surface area contributed by atoms with E-state index in [9.17, 15) is 18.4 Å². The first-order valence-corrected chi connectivity index (χ1v) is 10.3. The number of hydrogen-bond donors (Lipinski definition) is 2. The van der Waals surface area contributed by atoms with Gasteiger partial charge in [0, 0.05) is 23.1 Å². The number of fused-ring (bicyclic) bond motifs is 1. The average Bonchev–Trinajstić information content (AvgIpc) is 3.07. The number of aromatic nitrogens is 1. The van der Waals surface area contributed by atoms with Crippen LogP contribution in [0.3, 0.4) is 0 Å². The van der Waals surface area contributed by atoms with Crippen molar-refractivity contribution in [3.05, 3.63) is 42.5 Å². The minimum atomic E-state index is -2.49. The van der Waals surface area contributed by atoms with E-state index in [0.29, 0.717) is 49.9 Å². The fourth-order valence-electron chi connectivity index (χ4n) is 2.35. The zero-order chi connectivity index (χ0) is 20.8. The number of thioether (sulfide) groups is 1. The van der Waals surface area contributed by atoms with Gasteiger partial charge in [-0.3, -0.25) is 14.9 Å². The Hall–Kier alpha value is -2.72. The molecule has 1 aromatic heterocycles. The summed E-state index contributed by atoms with van der Waals surface area (Å²) in [5.41, 5.74) is 1.20. The molecule has 29 heavy (non-hydrogen) atoms. The van der Waals surface area contributed by atoms with Crippen LogP contribution in [0, 0.1) is 0 Å². The van der Waals surface area contributed by atoms with E-state index in [4.69, 9.17) is 4.74 Å². The molecule has 0 unspecified atom stereocenters. The molecule has 0 aliphatic heterocycles. The average molecular weight is 437 g/mol. The van der Waals surface area contributed by atoms with Crippen LogP contribution in [0.5, 0.6) is 5.75 Å². The SMILES string of the molecule is CCC(=O)Nc1cccc(OCC(=O)Nc2nc3ccc(SC(F)F)cc3s2)c1. The number of alkyl halides is 2. The second kappa shape index (κ2) is 9.66. The Balaban J connectivity index is 1.58. The van der Waals surface area contributed by atoms with Crippen LogP contribution in [0.2, 0.25) is 0 Å². The predicted octanol–water partition coefficient (Wildman–Crippen LogP) is 4.98. The van der Waals surface area contributed by atoms with Crippen molar-refractivity contribution in [1.82, 2.24) is 4.98 Å². The highest BCUT2D eigenvalue weighted by Gasteiger charge is 2.11. The fourth-order valence-corrected chi connectivity index (χ4v) is 3.89. The lowest BCUT2D eigenvalue weighted by atomic mass is 10.3. The summed E-state index contributed by atoms with van der Waals surface area (Å²) in [5.74, 6) is -2.59. The Morgan fingerprint density at radius 2 is 2.00 bits per heavy atom. The molecule has 0 spiro atoms. The number of anilines is 2. The smallest absolute Gasteiger partial charge is 0.288 e. The normalized spacial score (nSPS) is 10.9. The molecule has 6 nitrogen and oxygen atoms in total. The van der Waals surface area contributed by atoms with E-state index in [1.165, 1.54) is 11.3 Å². The summed E-state index contributed by atoms with van der Waals surface area (Å²) in [7, 11) is 0. The van der Waals surface area contributed by atoms with E-state index in [1.807, 2.05) is 0 Å². The van der Waals surface area contributed by atoms with Crippen molar-refractivity contribution in [3.63, 3.8) is 0 Å². The molecule has 0 radical (unpaired) electrons. The van der Waals surface area contributed by atoms with Crippen LogP contribution in [-0.2, 0) is 9.59 Å². The van der Waals surface area contributed by atoms with Crippen molar-refractivity contribution < 1.29 is 23.1 Å². The van der Waals surface area contributed by atoms with Crippen LogP contribution >= 0.6 is 23.1 Å². The Bertz CT molecular complexity index is 1030. The van der Waals surface area contributed by atoms with Crippen LogP contribution in [0.1, 0.15) is 13.3 Å². The number of nitrogens with zero attached hydrogens (tertiary/aromatic N) is 1. The van der Waals surface area contributed by atoms with Crippen LogP contribution < -0.4 is 15.4 Å². The zero-order valence-electron chi connectivity index (χ0n) is 15.3. The number of amides is 2. The number of thiazole rings is 1. The molecule has 0 saturated carbocycles. The van der Waals surface area contributed by atoms with Gasteiger partial charge in [-0.25, -0.2) is 4.98 Å². The largest absolute Gasteiger partial charge is 0.484 e. The fraction of sp³-hybridized carbons (Fsp3) is 0.211. The van der Waals surface area contributed by atoms with Gasteiger partial charge in [-0.05, 0) is 30.3 Å². The Morgan fingerprint density at radius 1 is 1.17 bits per heavy atom. The zero-order valence-corrected chi connectivity index (χ0v) is 16.9. The quantitative estimate of drug-likeness (QED) is 0.486. The lowest BCUT2D eigenvalue weighted by molar-refractivity contribution is -0.118. The third kappa shape index (κ3) is 6.13. The molecule has 2 N–H and O–H groups in total. The van der Waals surface area contributed by atoms with Gasteiger partial charge in [0.2, 0.25) is 5.91 Å². The molecule has 0 aliphatic rings. The molecular formula is C19H17F2N3O3S2. The van der Waals surface area contributed by atoms with Crippen LogP contribution in [0.4, 0.5) is 19.6 Å². The molecule has 2 amide bonds. The number of ether oxygens (including phenoxy) is 1. The number of carbonyl (C=O) groups excluding carboxylic acids is 2. The van der Waals surface area contributed by atoms with Crippen molar-refractivity contribution in [2.24, 2.45) is 0 Å². The summed E-state index contributed by atoms with van der Waals surface area (Å²) in [6, 6.07) is 11.6. The first kappa shape index (κ1) is 21.0. The number of hydrogen-bond acceptors (Lipinski definition) is 6. The molecule has 2 aromatic carbocycles. The van der Waals surface area contributed by atoms with Crippen molar-refractivity contribution >= 4 is 55.9 Å². The number of carbonyl (C=O) groups is 2. The Morgan fingerprint density at radius 3 is 2.76 bits per heavy atom. The lowest BCUT2D eigenvalue weighted by Gasteiger charge is -2.08. The Labute approximate surface area is 173 Å². The summed E-state index contributed by atoms with van der Waals surface area (Å²) >= 11 is 1.66. The first-order valence-electron chi connectivity index (χ1n) is 8.61. The summed E-state index contributed by atoms with van der Waals surface area (Å²) in [6.07, 6.45) is 0.359. The minimum Gasteiger partial charge on any atom is -0.484 e. The molecule has 0 fully saturated rings. The van der Waals surface area contributed by atoms with Gasteiger partial charge in [0.15, 0.2) is 11.7 Å². The molecule has 3 rings (SSSR count). The molecular weight excluding hydrogens is 420 g/mol. The Kier molecular flexibility index (Phi) is 6.99. The van der Waals surface area contributed by atoms with Crippen molar-refractivity contribution in [3.8, 4) is 5.75 Å². The van der Waals surface area contributed by atoms with Crippen molar-refractivity contribution in [2.75, 3.05) is 17.2 Å². The lowest BCUT2D eigenvalue weighted by Crippen LogP contribution is -2.20. The monoisotopic (exact) mass is 437 g/mol. The standard InChI is InChI=1S/C19H17F2N3O3S2/c1-2-16(25)22-11-4-3-5-12(8-11)27-10-17(26)24-19-23-14-7-6-13(28-18(20)21)9-15(14)29-19/h3-9,18H,2,10H2,1H3,(H,22,25)(H,23,24,26). The third-order valence-corrected chi connectivity index (χ3v) is 5.28. The summed E-state index contributed by atoms with van der Waals surface area (Å²) in [6.45, 7) is 1.51. The second-order valence-electron chi connectivity index (χ2n) is 5.79. The minimum absolute atomic E-state index is 0.120. The van der Waals surface area contributed by atoms with E-state index in [-0.39, 0.29) is 12.5 Å². The highest BCUT2D eigenvalue weighted by atomic mass is 32.2. The predicted molar refractivity (Wildman–Crippen MR) is 111 cm³/mol. The van der Waals surface area contributed by atoms with Gasteiger partial charge >= 0.3 is 0 Å². The van der Waals surface area contributed by atoms with E-state index in [1.54, 1.807) is 49.4 Å². The van der Waals surface area contributed by atoms with Crippen LogP contribution in [-0.4, -0.2) is 29.2 Å². The molecule has 1 heterocycles. The second-order valence-corrected chi connectivity index (χ2v) is 7.89. The van der Waals surface area contributed by atoms with Gasteiger partial charge in [0.1, 0.15) is 5.75 Å². The molecule has 0 saturated heterocycles. The van der Waals surface area contributed by atoms with Gasteiger partial charge in [-0.15, -0.1) is 0 Å². The van der Waals surface area contributed by atoms with Crippen LogP contribution in [0.25, 0.3) is 10.2 Å². The van der Waals surface area contributed by atoms with Gasteiger partial charge in [0.25, 0.3) is 11.7 Å². The number of rotatable bonds is 8. The number of nitrogens with one attached hydrogen (secondary N) is 2. The molecule has 3 aromatic rings. The number of halogens is 2. The number of benzene rings is 2. The molecule has 0 atom stereocenters. The van der Waals surface area contributed by atoms with E-state index >= 15 is 0 Å². The summed E-state index contributed by atoms with van der Waals surface area (Å²) < 4.78 is 31.1. The topological polar surface area (TPSA) is 80.3 Å². The van der Waals surface area contributed by atoms with Gasteiger partial charge in [-0.1, -0.05) is 36.1 Å². The molecule has 152 valence electrons. The van der Waals surface area contributed by atoms with Gasteiger partial charge in [0.05, 0.1) is 10.2 Å². The maximum Gasteiger partial charge on any atom is 0.288 e. The van der Waals surface area contributed by atoms with Gasteiger partial charge < -0.3 is 10.1 Å². The molecule has 10 heteroatoms. The summed E-state index contributed by atoms with van der Waals surface area (Å²) in [4.78, 5) is 28.3. The summed E-state index contributed by atoms with van der Waals surface area (Å²) in [5, 5.41) is 5.71. The van der Waals surface area contributed by atoms with Crippen molar-refractivity contribution in [2.45, 2.75) is 24.0 Å². The maximum absolute atomic E-state index is 12.5. The third-order valence-electron chi connectivity index (χ3n) is 3.64. The van der Waals surface area contributed by atoms with Crippen LogP contribution in [0.15, 0.2) is 47.4 Å². The van der Waals surface area contributed by atoms with E-state index in [2.05, 4.69) is 15.6 Å². The van der Waals surface area contributed by atoms with E-state index < -0.39 is 11.7 Å². The molecule has 0 aliphatic carbocycles. The highest BCUT2D eigenvalue weighted by Crippen LogP contribution is 2.32. The van der Waals surface area contributed by atoms with Crippen molar-refractivity contribution in [1.29, 1.82) is 0 Å². The first-order chi connectivity index (χ1) is 13.9.